The first-order valence-electron chi connectivity index (χ1n) is 7.48. The molecule has 0 aliphatic rings. The Morgan fingerprint density at radius 3 is 2.50 bits per heavy atom. The Kier molecular flexibility index (Phi) is 5.83. The predicted molar refractivity (Wildman–Crippen MR) is 92.2 cm³/mol. The summed E-state index contributed by atoms with van der Waals surface area (Å²) in [6.07, 6.45) is 0. The average molecular weight is 297 g/mol. The molecule has 0 aliphatic heterocycles. The van der Waals surface area contributed by atoms with E-state index in [0.717, 1.165) is 17.0 Å². The molecule has 3 N–H and O–H groups in total. The number of guanidine groups is 1. The van der Waals surface area contributed by atoms with Gasteiger partial charge in [-0.3, -0.25) is 0 Å². The van der Waals surface area contributed by atoms with E-state index < -0.39 is 0 Å². The Labute approximate surface area is 132 Å². The Hall–Kier alpha value is -2.49. The first-order chi connectivity index (χ1) is 10.6. The summed E-state index contributed by atoms with van der Waals surface area (Å²) >= 11 is 0. The molecule has 2 aromatic rings. The van der Waals surface area contributed by atoms with Crippen molar-refractivity contribution in [3.05, 3.63) is 60.2 Å². The minimum absolute atomic E-state index is 0.393. The van der Waals surface area contributed by atoms with E-state index in [4.69, 9.17) is 10.5 Å². The molecule has 0 saturated heterocycles. The molecule has 0 spiro atoms. The van der Waals surface area contributed by atoms with Crippen LogP contribution in [0.2, 0.25) is 0 Å². The zero-order valence-corrected chi connectivity index (χ0v) is 13.1. The molecule has 0 aliphatic carbocycles. The third-order valence-electron chi connectivity index (χ3n) is 3.01. The van der Waals surface area contributed by atoms with Crippen molar-refractivity contribution in [2.75, 3.05) is 11.9 Å². The van der Waals surface area contributed by atoms with Gasteiger partial charge in [0.25, 0.3) is 0 Å². The lowest BCUT2D eigenvalue weighted by molar-refractivity contribution is 0.268. The summed E-state index contributed by atoms with van der Waals surface area (Å²) in [6, 6.07) is 17.7. The van der Waals surface area contributed by atoms with Gasteiger partial charge in [0.05, 0.1) is 13.2 Å². The molecule has 2 aromatic carbocycles. The van der Waals surface area contributed by atoms with Gasteiger partial charge in [-0.15, -0.1) is 0 Å². The second-order valence-electron chi connectivity index (χ2n) is 5.51. The van der Waals surface area contributed by atoms with Gasteiger partial charge in [-0.25, -0.2) is 4.99 Å². The summed E-state index contributed by atoms with van der Waals surface area (Å²) in [7, 11) is 0. The van der Waals surface area contributed by atoms with Gasteiger partial charge in [0, 0.05) is 11.3 Å². The summed E-state index contributed by atoms with van der Waals surface area (Å²) in [5.41, 5.74) is 7.88. The van der Waals surface area contributed by atoms with Gasteiger partial charge >= 0.3 is 0 Å². The lowest BCUT2D eigenvalue weighted by Gasteiger charge is -2.12. The molecule has 0 unspecified atom stereocenters. The molecule has 116 valence electrons. The molecule has 0 bridgehead atoms. The van der Waals surface area contributed by atoms with Crippen LogP contribution in [0.1, 0.15) is 19.4 Å². The van der Waals surface area contributed by atoms with Crippen molar-refractivity contribution in [1.29, 1.82) is 0 Å². The number of benzene rings is 2. The zero-order chi connectivity index (χ0) is 15.8. The van der Waals surface area contributed by atoms with Crippen LogP contribution in [0.4, 0.5) is 5.69 Å². The van der Waals surface area contributed by atoms with Crippen molar-refractivity contribution in [2.45, 2.75) is 20.4 Å². The molecule has 2 rings (SSSR count). The lowest BCUT2D eigenvalue weighted by atomic mass is 10.2. The maximum Gasteiger partial charge on any atom is 0.193 e. The molecule has 0 fully saturated rings. The number of ether oxygens (including phenoxy) is 1. The van der Waals surface area contributed by atoms with Crippen LogP contribution in [-0.4, -0.2) is 12.6 Å². The van der Waals surface area contributed by atoms with E-state index in [2.05, 4.69) is 24.2 Å². The van der Waals surface area contributed by atoms with E-state index >= 15 is 0 Å². The van der Waals surface area contributed by atoms with Crippen LogP contribution < -0.4 is 15.8 Å². The second kappa shape index (κ2) is 8.08. The van der Waals surface area contributed by atoms with Gasteiger partial charge in [0.15, 0.2) is 5.96 Å². The summed E-state index contributed by atoms with van der Waals surface area (Å²) in [5.74, 6) is 1.75. The quantitative estimate of drug-likeness (QED) is 0.632. The van der Waals surface area contributed by atoms with Gasteiger partial charge in [-0.2, -0.15) is 0 Å². The van der Waals surface area contributed by atoms with Crippen molar-refractivity contribution in [2.24, 2.45) is 16.6 Å². The lowest BCUT2D eigenvalue weighted by Crippen LogP contribution is -2.22. The SMILES string of the molecule is CC(C)COc1ccccc1CN=C(N)Nc1ccccc1. The number of anilines is 1. The maximum atomic E-state index is 5.92. The highest BCUT2D eigenvalue weighted by molar-refractivity contribution is 5.92. The summed E-state index contributed by atoms with van der Waals surface area (Å²) in [4.78, 5) is 4.38. The van der Waals surface area contributed by atoms with Crippen LogP contribution in [-0.2, 0) is 6.54 Å². The number of hydrogen-bond donors (Lipinski definition) is 2. The molecule has 22 heavy (non-hydrogen) atoms. The molecule has 0 heterocycles. The standard InChI is InChI=1S/C18H23N3O/c1-14(2)13-22-17-11-7-6-8-15(17)12-20-18(19)21-16-9-4-3-5-10-16/h3-11,14H,12-13H2,1-2H3,(H3,19,20,21). The van der Waals surface area contributed by atoms with Gasteiger partial charge in [0.2, 0.25) is 0 Å². The van der Waals surface area contributed by atoms with Crippen molar-refractivity contribution >= 4 is 11.6 Å². The fourth-order valence-electron chi connectivity index (χ4n) is 1.91. The summed E-state index contributed by atoms with van der Waals surface area (Å²) in [6.45, 7) is 5.43. The molecule has 0 radical (unpaired) electrons. The largest absolute Gasteiger partial charge is 0.493 e. The van der Waals surface area contributed by atoms with E-state index in [-0.39, 0.29) is 0 Å². The maximum absolute atomic E-state index is 5.92. The minimum Gasteiger partial charge on any atom is -0.493 e. The first kappa shape index (κ1) is 15.9. The third-order valence-corrected chi connectivity index (χ3v) is 3.01. The molecule has 0 saturated carbocycles. The molecule has 4 nitrogen and oxygen atoms in total. The highest BCUT2D eigenvalue weighted by Gasteiger charge is 2.04. The van der Waals surface area contributed by atoms with Crippen LogP contribution in [0.15, 0.2) is 59.6 Å². The number of nitrogens with two attached hydrogens (primary N) is 1. The van der Waals surface area contributed by atoms with E-state index in [1.54, 1.807) is 0 Å². The Bertz CT molecular complexity index is 609. The van der Waals surface area contributed by atoms with Crippen molar-refractivity contribution in [1.82, 2.24) is 0 Å². The summed E-state index contributed by atoms with van der Waals surface area (Å²) < 4.78 is 5.82. The number of hydrogen-bond acceptors (Lipinski definition) is 2. The van der Waals surface area contributed by atoms with E-state index in [0.29, 0.717) is 25.0 Å². The van der Waals surface area contributed by atoms with E-state index in [1.807, 2.05) is 54.6 Å². The number of nitrogens with zero attached hydrogens (tertiary/aromatic N) is 1. The van der Waals surface area contributed by atoms with Crippen molar-refractivity contribution in [3.63, 3.8) is 0 Å². The van der Waals surface area contributed by atoms with Crippen LogP contribution in [0, 0.1) is 5.92 Å². The van der Waals surface area contributed by atoms with Crippen LogP contribution in [0.3, 0.4) is 0 Å². The fraction of sp³-hybridized carbons (Fsp3) is 0.278. The predicted octanol–water partition coefficient (Wildman–Crippen LogP) is 3.65. The van der Waals surface area contributed by atoms with Crippen molar-refractivity contribution in [3.8, 4) is 5.75 Å². The highest BCUT2D eigenvalue weighted by atomic mass is 16.5. The molecule has 0 aromatic heterocycles. The monoisotopic (exact) mass is 297 g/mol. The average Bonchev–Trinajstić information content (AvgIpc) is 2.52. The molecule has 4 heteroatoms. The van der Waals surface area contributed by atoms with Gasteiger partial charge < -0.3 is 15.8 Å². The minimum atomic E-state index is 0.393. The molecular formula is C18H23N3O. The fourth-order valence-corrected chi connectivity index (χ4v) is 1.91. The number of para-hydroxylation sites is 2. The normalized spacial score (nSPS) is 11.5. The topological polar surface area (TPSA) is 59.6 Å². The Balaban J connectivity index is 1.99. The van der Waals surface area contributed by atoms with Gasteiger partial charge in [-0.05, 0) is 24.1 Å². The number of aliphatic imine (C=N–C) groups is 1. The van der Waals surface area contributed by atoms with Crippen molar-refractivity contribution < 1.29 is 4.74 Å². The third kappa shape index (κ3) is 5.13. The van der Waals surface area contributed by atoms with Crippen LogP contribution in [0.5, 0.6) is 5.75 Å². The molecular weight excluding hydrogens is 274 g/mol. The van der Waals surface area contributed by atoms with Crippen LogP contribution >= 0.6 is 0 Å². The number of nitrogens with one attached hydrogen (secondary N) is 1. The van der Waals surface area contributed by atoms with Gasteiger partial charge in [0.1, 0.15) is 5.75 Å². The van der Waals surface area contributed by atoms with Crippen LogP contribution in [0.25, 0.3) is 0 Å². The Morgan fingerprint density at radius 1 is 1.09 bits per heavy atom. The second-order valence-corrected chi connectivity index (χ2v) is 5.51. The van der Waals surface area contributed by atoms with E-state index in [1.165, 1.54) is 0 Å². The van der Waals surface area contributed by atoms with E-state index in [9.17, 15) is 0 Å². The Morgan fingerprint density at radius 2 is 1.77 bits per heavy atom. The first-order valence-corrected chi connectivity index (χ1v) is 7.48. The van der Waals surface area contributed by atoms with Gasteiger partial charge in [-0.1, -0.05) is 50.2 Å². The highest BCUT2D eigenvalue weighted by Crippen LogP contribution is 2.19. The number of rotatable bonds is 6. The molecule has 0 atom stereocenters. The molecule has 0 amide bonds. The summed E-state index contributed by atoms with van der Waals surface area (Å²) in [5, 5.41) is 3.07. The smallest absolute Gasteiger partial charge is 0.193 e. The zero-order valence-electron chi connectivity index (χ0n) is 13.1.